The number of sulfonamides is 1. The highest BCUT2D eigenvalue weighted by Gasteiger charge is 2.33. The molecule has 0 saturated heterocycles. The first-order valence-corrected chi connectivity index (χ1v) is 13.6. The Hall–Kier alpha value is -3.49. The summed E-state index contributed by atoms with van der Waals surface area (Å²) >= 11 is 0. The quantitative estimate of drug-likeness (QED) is 0.318. The largest absolute Gasteiger partial charge is 0.489 e. The van der Waals surface area contributed by atoms with E-state index in [1.807, 2.05) is 54.6 Å². The van der Waals surface area contributed by atoms with Crippen LogP contribution in [0.15, 0.2) is 94.9 Å². The van der Waals surface area contributed by atoms with Gasteiger partial charge in [-0.05, 0) is 60.4 Å². The van der Waals surface area contributed by atoms with Gasteiger partial charge in [0, 0.05) is 6.04 Å². The zero-order valence-corrected chi connectivity index (χ0v) is 20.9. The van der Waals surface area contributed by atoms with Gasteiger partial charge in [0.15, 0.2) is 0 Å². The molecule has 0 aromatic heterocycles. The molecule has 0 radical (unpaired) electrons. The maximum atomic E-state index is 13.3. The van der Waals surface area contributed by atoms with Gasteiger partial charge in [0.25, 0.3) is 5.91 Å². The number of rotatable bonds is 10. The zero-order valence-electron chi connectivity index (χ0n) is 20.1. The van der Waals surface area contributed by atoms with Crippen LogP contribution in [0.5, 0.6) is 5.75 Å². The molecule has 7 nitrogen and oxygen atoms in total. The molecule has 1 fully saturated rings. The number of ether oxygens (including phenoxy) is 1. The standard InChI is InChI=1S/C28H31N3O4S/c32-28(21-31(25-12-6-2-7-13-25)36(33,34)27-14-8-3-9-15-27)30-29-20-23-16-18-26(19-17-23)35-22-24-10-4-1-5-11-24/h1,3-5,8-11,14-20,25H,2,6-7,12-13,21-22H2,(H,30,32)/b29-20+. The van der Waals surface area contributed by atoms with Gasteiger partial charge in [-0.2, -0.15) is 9.41 Å². The van der Waals surface area contributed by atoms with Crippen LogP contribution in [-0.2, 0) is 21.4 Å². The molecule has 0 heterocycles. The highest BCUT2D eigenvalue weighted by atomic mass is 32.2. The summed E-state index contributed by atoms with van der Waals surface area (Å²) in [7, 11) is -3.80. The van der Waals surface area contributed by atoms with Crippen LogP contribution in [0.4, 0.5) is 0 Å². The average molecular weight is 506 g/mol. The van der Waals surface area contributed by atoms with Crippen molar-refractivity contribution < 1.29 is 17.9 Å². The predicted molar refractivity (Wildman–Crippen MR) is 140 cm³/mol. The molecule has 0 atom stereocenters. The summed E-state index contributed by atoms with van der Waals surface area (Å²) in [5.74, 6) is 0.258. The van der Waals surface area contributed by atoms with Crippen molar-refractivity contribution in [3.63, 3.8) is 0 Å². The number of carbonyl (C=O) groups is 1. The third kappa shape index (κ3) is 7.02. The molecule has 0 spiro atoms. The Labute approximate surface area is 212 Å². The Kier molecular flexibility index (Phi) is 8.86. The minimum atomic E-state index is -3.80. The van der Waals surface area contributed by atoms with Gasteiger partial charge in [-0.1, -0.05) is 67.8 Å². The third-order valence-corrected chi connectivity index (χ3v) is 8.08. The Morgan fingerprint density at radius 3 is 2.22 bits per heavy atom. The van der Waals surface area contributed by atoms with Crippen molar-refractivity contribution in [2.24, 2.45) is 5.10 Å². The second kappa shape index (κ2) is 12.5. The number of nitrogens with zero attached hydrogens (tertiary/aromatic N) is 2. The van der Waals surface area contributed by atoms with Gasteiger partial charge in [0.2, 0.25) is 10.0 Å². The molecule has 1 N–H and O–H groups in total. The van der Waals surface area contributed by atoms with E-state index in [1.54, 1.807) is 30.3 Å². The smallest absolute Gasteiger partial charge is 0.255 e. The molecule has 1 saturated carbocycles. The lowest BCUT2D eigenvalue weighted by molar-refractivity contribution is -0.121. The molecule has 3 aromatic rings. The number of hydrogen-bond acceptors (Lipinski definition) is 5. The Morgan fingerprint density at radius 2 is 1.56 bits per heavy atom. The first-order chi connectivity index (χ1) is 17.5. The highest BCUT2D eigenvalue weighted by molar-refractivity contribution is 7.89. The summed E-state index contributed by atoms with van der Waals surface area (Å²) in [6, 6.07) is 25.3. The number of carbonyl (C=O) groups excluding carboxylic acids is 1. The average Bonchev–Trinajstić information content (AvgIpc) is 2.93. The van der Waals surface area contributed by atoms with E-state index in [-0.39, 0.29) is 17.5 Å². The molecular weight excluding hydrogens is 474 g/mol. The first kappa shape index (κ1) is 25.6. The van der Waals surface area contributed by atoms with Crippen molar-refractivity contribution in [3.8, 4) is 5.75 Å². The maximum Gasteiger partial charge on any atom is 0.255 e. The molecule has 3 aromatic carbocycles. The normalized spacial score (nSPS) is 14.7. The SMILES string of the molecule is O=C(CN(C1CCCCC1)S(=O)(=O)c1ccccc1)N/N=C/c1ccc(OCc2ccccc2)cc1. The van der Waals surface area contributed by atoms with E-state index >= 15 is 0 Å². The summed E-state index contributed by atoms with van der Waals surface area (Å²) in [6.07, 6.45) is 6.02. The maximum absolute atomic E-state index is 13.3. The lowest BCUT2D eigenvalue weighted by atomic mass is 9.95. The lowest BCUT2D eigenvalue weighted by Crippen LogP contribution is -2.46. The van der Waals surface area contributed by atoms with E-state index in [2.05, 4.69) is 10.5 Å². The van der Waals surface area contributed by atoms with Gasteiger partial charge in [0.1, 0.15) is 12.4 Å². The van der Waals surface area contributed by atoms with Crippen LogP contribution in [0, 0.1) is 0 Å². The van der Waals surface area contributed by atoms with Crippen LogP contribution < -0.4 is 10.2 Å². The zero-order chi connectivity index (χ0) is 25.2. The van der Waals surface area contributed by atoms with Crippen molar-refractivity contribution in [1.82, 2.24) is 9.73 Å². The van der Waals surface area contributed by atoms with Crippen LogP contribution in [0.3, 0.4) is 0 Å². The second-order valence-electron chi connectivity index (χ2n) is 8.79. The summed E-state index contributed by atoms with van der Waals surface area (Å²) in [6.45, 7) is 0.208. The molecule has 8 heteroatoms. The number of nitrogens with one attached hydrogen (secondary N) is 1. The molecule has 4 rings (SSSR count). The number of amides is 1. The number of hydrazone groups is 1. The first-order valence-electron chi connectivity index (χ1n) is 12.2. The van der Waals surface area contributed by atoms with Gasteiger partial charge in [-0.3, -0.25) is 4.79 Å². The predicted octanol–water partition coefficient (Wildman–Crippen LogP) is 4.74. The molecule has 0 unspecified atom stereocenters. The van der Waals surface area contributed by atoms with Gasteiger partial charge in [-0.15, -0.1) is 0 Å². The summed E-state index contributed by atoms with van der Waals surface area (Å²) in [5.41, 5.74) is 4.35. The van der Waals surface area contributed by atoms with E-state index in [4.69, 9.17) is 4.74 Å². The van der Waals surface area contributed by atoms with Crippen LogP contribution >= 0.6 is 0 Å². The molecule has 1 amide bonds. The van der Waals surface area contributed by atoms with Gasteiger partial charge >= 0.3 is 0 Å². The number of hydrogen-bond donors (Lipinski definition) is 1. The van der Waals surface area contributed by atoms with E-state index in [0.717, 1.165) is 49.0 Å². The van der Waals surface area contributed by atoms with Crippen LogP contribution in [0.25, 0.3) is 0 Å². The van der Waals surface area contributed by atoms with Crippen LogP contribution in [0.1, 0.15) is 43.2 Å². The molecule has 36 heavy (non-hydrogen) atoms. The molecule has 1 aliphatic rings. The Balaban J connectivity index is 1.35. The minimum Gasteiger partial charge on any atom is -0.489 e. The van der Waals surface area contributed by atoms with Gasteiger partial charge in [0.05, 0.1) is 17.7 Å². The third-order valence-electron chi connectivity index (χ3n) is 6.16. The molecule has 188 valence electrons. The van der Waals surface area contributed by atoms with Gasteiger partial charge < -0.3 is 4.74 Å². The molecule has 1 aliphatic carbocycles. The van der Waals surface area contributed by atoms with E-state index < -0.39 is 15.9 Å². The van der Waals surface area contributed by atoms with Crippen molar-refractivity contribution in [1.29, 1.82) is 0 Å². The van der Waals surface area contributed by atoms with Crippen LogP contribution in [-0.4, -0.2) is 37.4 Å². The van der Waals surface area contributed by atoms with Gasteiger partial charge in [-0.25, -0.2) is 13.8 Å². The molecule has 0 aliphatic heterocycles. The minimum absolute atomic E-state index is 0.192. The Bertz CT molecular complexity index is 1240. The summed E-state index contributed by atoms with van der Waals surface area (Å²) in [4.78, 5) is 12.9. The summed E-state index contributed by atoms with van der Waals surface area (Å²) in [5, 5.41) is 4.03. The fourth-order valence-electron chi connectivity index (χ4n) is 4.25. The van der Waals surface area contributed by atoms with Crippen LogP contribution in [0.2, 0.25) is 0 Å². The van der Waals surface area contributed by atoms with Crippen molar-refractivity contribution >= 4 is 22.1 Å². The molecular formula is C28H31N3O4S. The second-order valence-corrected chi connectivity index (χ2v) is 10.7. The Morgan fingerprint density at radius 1 is 0.917 bits per heavy atom. The van der Waals surface area contributed by atoms with E-state index in [1.165, 1.54) is 10.5 Å². The number of benzene rings is 3. The fraction of sp³-hybridized carbons (Fsp3) is 0.286. The van der Waals surface area contributed by atoms with Crippen molar-refractivity contribution in [2.45, 2.75) is 49.6 Å². The van der Waals surface area contributed by atoms with E-state index in [9.17, 15) is 13.2 Å². The topological polar surface area (TPSA) is 88.1 Å². The molecule has 0 bridgehead atoms. The lowest BCUT2D eigenvalue weighted by Gasteiger charge is -2.32. The van der Waals surface area contributed by atoms with Crippen molar-refractivity contribution in [2.75, 3.05) is 6.54 Å². The summed E-state index contributed by atoms with van der Waals surface area (Å²) < 4.78 is 33.8. The van der Waals surface area contributed by atoms with E-state index in [0.29, 0.717) is 6.61 Å². The highest BCUT2D eigenvalue weighted by Crippen LogP contribution is 2.27. The van der Waals surface area contributed by atoms with Crippen molar-refractivity contribution in [3.05, 3.63) is 96.1 Å². The monoisotopic (exact) mass is 505 g/mol. The fourth-order valence-corrected chi connectivity index (χ4v) is 5.92.